The van der Waals surface area contributed by atoms with Gasteiger partial charge in [-0.25, -0.2) is 17.7 Å². The van der Waals surface area contributed by atoms with Crippen LogP contribution < -0.4 is 10.1 Å². The molecule has 0 unspecified atom stereocenters. The van der Waals surface area contributed by atoms with Gasteiger partial charge in [0.1, 0.15) is 10.6 Å². The fraction of sp³-hybridized carbons (Fsp3) is 0.200. The van der Waals surface area contributed by atoms with E-state index in [1.54, 1.807) is 23.5 Å². The molecule has 0 aliphatic heterocycles. The molecule has 0 fully saturated rings. The van der Waals surface area contributed by atoms with E-state index in [0.29, 0.717) is 5.69 Å². The summed E-state index contributed by atoms with van der Waals surface area (Å²) in [6.07, 6.45) is 0. The molecule has 0 spiro atoms. The largest absolute Gasteiger partial charge is 0.495 e. The third-order valence-corrected chi connectivity index (χ3v) is 6.85. The van der Waals surface area contributed by atoms with Crippen LogP contribution in [0.4, 0.5) is 5.69 Å². The minimum absolute atomic E-state index is 0.0631. The van der Waals surface area contributed by atoms with Crippen LogP contribution in [-0.2, 0) is 10.0 Å². The normalized spacial score (nSPS) is 11.5. The lowest BCUT2D eigenvalue weighted by atomic mass is 10.1. The first-order valence-corrected chi connectivity index (χ1v) is 11.0. The van der Waals surface area contributed by atoms with Crippen molar-refractivity contribution in [2.75, 3.05) is 26.5 Å². The van der Waals surface area contributed by atoms with E-state index in [-0.39, 0.29) is 16.2 Å². The number of sulfonamides is 1. The molecule has 0 aliphatic rings. The summed E-state index contributed by atoms with van der Waals surface area (Å²) >= 11 is 1.58. The van der Waals surface area contributed by atoms with Crippen molar-refractivity contribution >= 4 is 33.0 Å². The minimum Gasteiger partial charge on any atom is -0.495 e. The van der Waals surface area contributed by atoms with Crippen molar-refractivity contribution in [2.45, 2.75) is 11.8 Å². The minimum atomic E-state index is -3.76. The summed E-state index contributed by atoms with van der Waals surface area (Å²) in [7, 11) is 0.471. The molecule has 0 saturated carbocycles. The first-order valence-electron chi connectivity index (χ1n) is 8.67. The second kappa shape index (κ2) is 8.32. The number of thiazole rings is 1. The maximum absolute atomic E-state index is 12.6. The van der Waals surface area contributed by atoms with Gasteiger partial charge >= 0.3 is 0 Å². The van der Waals surface area contributed by atoms with Crippen molar-refractivity contribution in [3.63, 3.8) is 0 Å². The third kappa shape index (κ3) is 4.47. The predicted octanol–water partition coefficient (Wildman–Crippen LogP) is 3.63. The average Bonchev–Trinajstić information content (AvgIpc) is 3.14. The van der Waals surface area contributed by atoms with Gasteiger partial charge in [-0.15, -0.1) is 11.3 Å². The van der Waals surface area contributed by atoms with Crippen molar-refractivity contribution in [1.29, 1.82) is 0 Å². The van der Waals surface area contributed by atoms with Gasteiger partial charge in [0.15, 0.2) is 0 Å². The maximum Gasteiger partial charge on any atom is 0.255 e. The quantitative estimate of drug-likeness (QED) is 0.644. The molecule has 0 atom stereocenters. The Balaban J connectivity index is 1.84. The fourth-order valence-electron chi connectivity index (χ4n) is 2.64. The lowest BCUT2D eigenvalue weighted by Crippen LogP contribution is -2.23. The van der Waals surface area contributed by atoms with Crippen molar-refractivity contribution in [3.05, 3.63) is 58.4 Å². The topological polar surface area (TPSA) is 88.6 Å². The zero-order chi connectivity index (χ0) is 21.2. The highest BCUT2D eigenvalue weighted by atomic mass is 32.2. The van der Waals surface area contributed by atoms with Crippen LogP contribution in [0.3, 0.4) is 0 Å². The highest BCUT2D eigenvalue weighted by Gasteiger charge is 2.24. The molecular weight excluding hydrogens is 410 g/mol. The van der Waals surface area contributed by atoms with Crippen LogP contribution in [0.25, 0.3) is 11.3 Å². The Labute approximate surface area is 174 Å². The Morgan fingerprint density at radius 3 is 2.38 bits per heavy atom. The molecule has 2 aromatic carbocycles. The number of hydrogen-bond donors (Lipinski definition) is 1. The van der Waals surface area contributed by atoms with Gasteiger partial charge in [0.2, 0.25) is 10.0 Å². The smallest absolute Gasteiger partial charge is 0.255 e. The molecule has 7 nitrogen and oxygen atoms in total. The van der Waals surface area contributed by atoms with E-state index in [1.807, 2.05) is 24.4 Å². The summed E-state index contributed by atoms with van der Waals surface area (Å²) in [5.74, 6) is -0.238. The molecule has 3 rings (SSSR count). The number of carbonyl (C=O) groups excluding carboxylic acids is 1. The highest BCUT2D eigenvalue weighted by molar-refractivity contribution is 7.89. The molecule has 29 heavy (non-hydrogen) atoms. The van der Waals surface area contributed by atoms with Gasteiger partial charge in [-0.3, -0.25) is 4.79 Å². The zero-order valence-electron chi connectivity index (χ0n) is 16.5. The maximum atomic E-state index is 12.6. The number of aryl methyl sites for hydroxylation is 1. The predicted molar refractivity (Wildman–Crippen MR) is 114 cm³/mol. The van der Waals surface area contributed by atoms with Gasteiger partial charge in [-0.1, -0.05) is 12.1 Å². The first-order chi connectivity index (χ1) is 13.7. The molecule has 3 aromatic rings. The van der Waals surface area contributed by atoms with Crippen LogP contribution in [0.1, 0.15) is 15.4 Å². The number of anilines is 1. The number of methoxy groups -OCH3 is 1. The number of benzene rings is 2. The fourth-order valence-corrected chi connectivity index (χ4v) is 4.34. The average molecular weight is 432 g/mol. The van der Waals surface area contributed by atoms with Gasteiger partial charge in [-0.05, 0) is 37.3 Å². The molecule has 9 heteroatoms. The van der Waals surface area contributed by atoms with E-state index in [2.05, 4.69) is 10.3 Å². The number of ether oxygens (including phenoxy) is 1. The number of nitrogens with zero attached hydrogens (tertiary/aromatic N) is 2. The summed E-state index contributed by atoms with van der Waals surface area (Å²) in [4.78, 5) is 17.0. The number of carbonyl (C=O) groups is 1. The van der Waals surface area contributed by atoms with Gasteiger partial charge in [-0.2, -0.15) is 0 Å². The van der Waals surface area contributed by atoms with Crippen molar-refractivity contribution in [3.8, 4) is 17.0 Å². The zero-order valence-corrected chi connectivity index (χ0v) is 18.1. The number of rotatable bonds is 6. The molecular formula is C20H21N3O4S2. The number of hydrogen-bond acceptors (Lipinski definition) is 6. The van der Waals surface area contributed by atoms with Gasteiger partial charge in [0.25, 0.3) is 5.91 Å². The Morgan fingerprint density at radius 2 is 1.83 bits per heavy atom. The summed E-state index contributed by atoms with van der Waals surface area (Å²) in [5, 5.41) is 5.75. The molecule has 1 aromatic heterocycles. The van der Waals surface area contributed by atoms with E-state index < -0.39 is 15.9 Å². The van der Waals surface area contributed by atoms with E-state index in [0.717, 1.165) is 20.6 Å². The third-order valence-electron chi connectivity index (χ3n) is 4.24. The summed E-state index contributed by atoms with van der Waals surface area (Å²) in [6, 6.07) is 11.6. The van der Waals surface area contributed by atoms with Crippen molar-refractivity contribution < 1.29 is 17.9 Å². The first kappa shape index (κ1) is 21.0. The Morgan fingerprint density at radius 1 is 1.14 bits per heavy atom. The molecule has 1 heterocycles. The van der Waals surface area contributed by atoms with E-state index in [9.17, 15) is 13.2 Å². The molecule has 1 N–H and O–H groups in total. The van der Waals surface area contributed by atoms with Crippen molar-refractivity contribution in [2.24, 2.45) is 0 Å². The second-order valence-electron chi connectivity index (χ2n) is 6.44. The lowest BCUT2D eigenvalue weighted by molar-refractivity contribution is 0.102. The van der Waals surface area contributed by atoms with Gasteiger partial charge < -0.3 is 10.1 Å². The standard InChI is InChI=1S/C20H21N3O4S2/c1-13-21-17(12-28-13)14-5-8-16(9-6-14)22-20(24)15-7-10-18(27-4)19(11-15)29(25,26)23(2)3/h5-12H,1-4H3,(H,22,24). The van der Waals surface area contributed by atoms with E-state index in [1.165, 1.54) is 39.4 Å². The highest BCUT2D eigenvalue weighted by Crippen LogP contribution is 2.28. The molecule has 152 valence electrons. The molecule has 0 saturated heterocycles. The lowest BCUT2D eigenvalue weighted by Gasteiger charge is -2.15. The Kier molecular flexibility index (Phi) is 6.02. The van der Waals surface area contributed by atoms with Crippen LogP contribution in [0.2, 0.25) is 0 Å². The monoisotopic (exact) mass is 431 g/mol. The number of amides is 1. The van der Waals surface area contributed by atoms with Crippen LogP contribution in [0.15, 0.2) is 52.7 Å². The van der Waals surface area contributed by atoms with Crippen LogP contribution >= 0.6 is 11.3 Å². The summed E-state index contributed by atoms with van der Waals surface area (Å²) < 4.78 is 31.3. The summed E-state index contributed by atoms with van der Waals surface area (Å²) in [5.41, 5.74) is 2.65. The second-order valence-corrected chi connectivity index (χ2v) is 9.62. The summed E-state index contributed by atoms with van der Waals surface area (Å²) in [6.45, 7) is 1.95. The van der Waals surface area contributed by atoms with E-state index >= 15 is 0 Å². The molecule has 0 aliphatic carbocycles. The molecule has 1 amide bonds. The molecule has 0 radical (unpaired) electrons. The van der Waals surface area contributed by atoms with Crippen LogP contribution in [0.5, 0.6) is 5.75 Å². The number of aromatic nitrogens is 1. The van der Waals surface area contributed by atoms with Crippen molar-refractivity contribution in [1.82, 2.24) is 9.29 Å². The van der Waals surface area contributed by atoms with Gasteiger partial charge in [0.05, 0.1) is 17.8 Å². The van der Waals surface area contributed by atoms with Gasteiger partial charge in [0, 0.05) is 36.3 Å². The molecule has 0 bridgehead atoms. The van der Waals surface area contributed by atoms with E-state index in [4.69, 9.17) is 4.74 Å². The van der Waals surface area contributed by atoms with Crippen LogP contribution in [-0.4, -0.2) is 44.8 Å². The Bertz CT molecular complexity index is 1140. The Hall–Kier alpha value is -2.75. The SMILES string of the molecule is COc1ccc(C(=O)Nc2ccc(-c3csc(C)n3)cc2)cc1S(=O)(=O)N(C)C. The number of nitrogens with one attached hydrogen (secondary N) is 1. The van der Waals surface area contributed by atoms with Crippen LogP contribution in [0, 0.1) is 6.92 Å².